The summed E-state index contributed by atoms with van der Waals surface area (Å²) in [5.74, 6) is -1.21. The van der Waals surface area contributed by atoms with Gasteiger partial charge in [0.05, 0.1) is 6.54 Å². The van der Waals surface area contributed by atoms with Crippen LogP contribution in [0.15, 0.2) is 24.3 Å². The number of nitrogens with zero attached hydrogens (tertiary/aromatic N) is 2. The molecule has 0 bridgehead atoms. The zero-order chi connectivity index (χ0) is 18.7. The summed E-state index contributed by atoms with van der Waals surface area (Å²) >= 11 is 0. The third-order valence-electron chi connectivity index (χ3n) is 3.98. The number of ether oxygens (including phenoxy) is 2. The number of carbonyl (C=O) groups is 4. The van der Waals surface area contributed by atoms with Gasteiger partial charge in [-0.1, -0.05) is 19.1 Å². The van der Waals surface area contributed by atoms with Crippen LogP contribution in [0, 0.1) is 0 Å². The van der Waals surface area contributed by atoms with Crippen LogP contribution in [0.3, 0.4) is 0 Å². The number of rotatable bonds is 6. The predicted octanol–water partition coefficient (Wildman–Crippen LogP) is 0.143. The molecule has 1 N–H and O–H groups in total. The summed E-state index contributed by atoms with van der Waals surface area (Å²) in [6, 6.07) is 6.43. The number of para-hydroxylation sites is 2. The van der Waals surface area contributed by atoms with Crippen molar-refractivity contribution < 1.29 is 28.7 Å². The van der Waals surface area contributed by atoms with Gasteiger partial charge in [-0.05, 0) is 18.6 Å². The van der Waals surface area contributed by atoms with Gasteiger partial charge in [-0.15, -0.1) is 0 Å². The van der Waals surface area contributed by atoms with Gasteiger partial charge >= 0.3 is 17.8 Å². The lowest BCUT2D eigenvalue weighted by Crippen LogP contribution is -2.46. The Morgan fingerprint density at radius 2 is 1.85 bits per heavy atom. The normalized spacial score (nSPS) is 19.1. The van der Waals surface area contributed by atoms with Crippen LogP contribution in [-0.2, 0) is 14.4 Å². The fraction of sp³-hybridized carbons (Fsp3) is 0.412. The number of nitrogens with one attached hydrogen (secondary N) is 1. The lowest BCUT2D eigenvalue weighted by atomic mass is 10.2. The van der Waals surface area contributed by atoms with Gasteiger partial charge in [0.25, 0.3) is 0 Å². The number of amides is 5. The molecule has 1 aromatic carbocycles. The van der Waals surface area contributed by atoms with E-state index in [1.807, 2.05) is 12.1 Å². The summed E-state index contributed by atoms with van der Waals surface area (Å²) in [6.45, 7) is 1.84. The van der Waals surface area contributed by atoms with Crippen molar-refractivity contribution in [3.05, 3.63) is 24.3 Å². The van der Waals surface area contributed by atoms with E-state index in [0.717, 1.165) is 4.90 Å². The molecule has 0 aromatic heterocycles. The molecule has 2 aliphatic heterocycles. The van der Waals surface area contributed by atoms with Gasteiger partial charge in [-0.2, -0.15) is 0 Å². The highest BCUT2D eigenvalue weighted by molar-refractivity contribution is 6.45. The van der Waals surface area contributed by atoms with Gasteiger partial charge in [0.15, 0.2) is 11.5 Å². The van der Waals surface area contributed by atoms with Crippen LogP contribution < -0.4 is 14.8 Å². The molecule has 1 fully saturated rings. The van der Waals surface area contributed by atoms with Gasteiger partial charge in [-0.25, -0.2) is 9.69 Å². The van der Waals surface area contributed by atoms with Gasteiger partial charge in [0, 0.05) is 6.54 Å². The predicted molar refractivity (Wildman–Crippen MR) is 88.5 cm³/mol. The molecule has 3 rings (SSSR count). The number of benzene rings is 1. The Kier molecular flexibility index (Phi) is 5.06. The first kappa shape index (κ1) is 17.7. The Hall–Kier alpha value is -3.10. The maximum Gasteiger partial charge on any atom is 0.334 e. The number of imide groups is 2. The fourth-order valence-corrected chi connectivity index (χ4v) is 2.70. The molecule has 26 heavy (non-hydrogen) atoms. The quantitative estimate of drug-likeness (QED) is 0.571. The van der Waals surface area contributed by atoms with Gasteiger partial charge < -0.3 is 14.8 Å². The molecular formula is C17H19N3O6. The maximum atomic E-state index is 12.1. The second-order valence-corrected chi connectivity index (χ2v) is 5.93. The van der Waals surface area contributed by atoms with E-state index >= 15 is 0 Å². The van der Waals surface area contributed by atoms with Crippen molar-refractivity contribution in [1.82, 2.24) is 15.1 Å². The molecule has 2 heterocycles. The summed E-state index contributed by atoms with van der Waals surface area (Å²) < 4.78 is 11.3. The zero-order valence-electron chi connectivity index (χ0n) is 14.3. The van der Waals surface area contributed by atoms with Crippen LogP contribution in [0.2, 0.25) is 0 Å². The van der Waals surface area contributed by atoms with Crippen LogP contribution in [0.1, 0.15) is 13.3 Å². The van der Waals surface area contributed by atoms with E-state index in [-0.39, 0.29) is 19.7 Å². The Bertz CT molecular complexity index is 750. The Balaban J connectivity index is 1.51. The topological polar surface area (TPSA) is 105 Å². The second kappa shape index (κ2) is 7.42. The van der Waals surface area contributed by atoms with E-state index in [4.69, 9.17) is 9.47 Å². The fourth-order valence-electron chi connectivity index (χ4n) is 2.70. The van der Waals surface area contributed by atoms with E-state index in [0.29, 0.717) is 22.8 Å². The minimum atomic E-state index is -0.982. The first-order chi connectivity index (χ1) is 12.5. The zero-order valence-corrected chi connectivity index (χ0v) is 14.3. The molecule has 5 amide bonds. The third kappa shape index (κ3) is 3.46. The van der Waals surface area contributed by atoms with E-state index < -0.39 is 36.4 Å². The minimum absolute atomic E-state index is 0.147. The number of carbonyl (C=O) groups excluding carboxylic acids is 4. The van der Waals surface area contributed by atoms with Gasteiger partial charge in [-0.3, -0.25) is 19.3 Å². The SMILES string of the molecule is CCCN1C(=O)C(=O)N(CC(=O)NC[C@@H]2COc3ccccc3O2)C1=O. The lowest BCUT2D eigenvalue weighted by Gasteiger charge is -2.26. The molecule has 0 aliphatic carbocycles. The monoisotopic (exact) mass is 361 g/mol. The van der Waals surface area contributed by atoms with Crippen molar-refractivity contribution >= 4 is 23.8 Å². The number of hydrogen-bond acceptors (Lipinski definition) is 6. The van der Waals surface area contributed by atoms with E-state index in [1.54, 1.807) is 19.1 Å². The van der Waals surface area contributed by atoms with Crippen molar-refractivity contribution in [1.29, 1.82) is 0 Å². The van der Waals surface area contributed by atoms with E-state index in [2.05, 4.69) is 5.32 Å². The molecule has 1 atom stereocenters. The Labute approximate surface area is 149 Å². The van der Waals surface area contributed by atoms with Gasteiger partial charge in [0.2, 0.25) is 5.91 Å². The average molecular weight is 361 g/mol. The molecule has 9 nitrogen and oxygen atoms in total. The van der Waals surface area contributed by atoms with Gasteiger partial charge in [0.1, 0.15) is 19.3 Å². The first-order valence-corrected chi connectivity index (χ1v) is 8.33. The van der Waals surface area contributed by atoms with Crippen molar-refractivity contribution in [2.45, 2.75) is 19.4 Å². The highest BCUT2D eigenvalue weighted by atomic mass is 16.6. The van der Waals surface area contributed by atoms with Crippen LogP contribution in [-0.4, -0.2) is 65.9 Å². The van der Waals surface area contributed by atoms with E-state index in [9.17, 15) is 19.2 Å². The second-order valence-electron chi connectivity index (χ2n) is 5.93. The number of urea groups is 1. The average Bonchev–Trinajstić information content (AvgIpc) is 2.84. The van der Waals surface area contributed by atoms with Crippen molar-refractivity contribution in [2.24, 2.45) is 0 Å². The minimum Gasteiger partial charge on any atom is -0.486 e. The molecule has 0 unspecified atom stereocenters. The van der Waals surface area contributed by atoms with Crippen molar-refractivity contribution in [2.75, 3.05) is 26.2 Å². The Morgan fingerprint density at radius 3 is 2.58 bits per heavy atom. The number of hydrogen-bond donors (Lipinski definition) is 1. The highest BCUT2D eigenvalue weighted by Gasteiger charge is 2.44. The largest absolute Gasteiger partial charge is 0.486 e. The smallest absolute Gasteiger partial charge is 0.334 e. The first-order valence-electron chi connectivity index (χ1n) is 8.33. The molecule has 0 saturated carbocycles. The van der Waals surface area contributed by atoms with Crippen LogP contribution in [0.25, 0.3) is 0 Å². The van der Waals surface area contributed by atoms with Crippen LogP contribution in [0.4, 0.5) is 4.79 Å². The van der Waals surface area contributed by atoms with Crippen LogP contribution in [0.5, 0.6) is 11.5 Å². The maximum absolute atomic E-state index is 12.1. The molecule has 138 valence electrons. The molecule has 0 spiro atoms. The molecule has 9 heteroatoms. The molecule has 0 radical (unpaired) electrons. The summed E-state index contributed by atoms with van der Waals surface area (Å²) in [4.78, 5) is 49.3. The highest BCUT2D eigenvalue weighted by Crippen LogP contribution is 2.30. The third-order valence-corrected chi connectivity index (χ3v) is 3.98. The van der Waals surface area contributed by atoms with E-state index in [1.165, 1.54) is 0 Å². The van der Waals surface area contributed by atoms with Crippen LogP contribution >= 0.6 is 0 Å². The number of fused-ring (bicyclic) bond motifs is 1. The molecular weight excluding hydrogens is 342 g/mol. The standard InChI is InChI=1S/C17H19N3O6/c1-2-7-19-15(22)16(23)20(17(19)24)9-14(21)18-8-11-10-25-12-5-3-4-6-13(12)26-11/h3-6,11H,2,7-10H2,1H3,(H,18,21)/t11-/m1/s1. The molecule has 1 aromatic rings. The Morgan fingerprint density at radius 1 is 1.15 bits per heavy atom. The summed E-state index contributed by atoms with van der Waals surface area (Å²) in [7, 11) is 0. The summed E-state index contributed by atoms with van der Waals surface area (Å²) in [5, 5.41) is 2.59. The van der Waals surface area contributed by atoms with Crippen molar-refractivity contribution in [3.8, 4) is 11.5 Å². The summed E-state index contributed by atoms with van der Waals surface area (Å²) in [6.07, 6.45) is 0.141. The molecule has 2 aliphatic rings. The summed E-state index contributed by atoms with van der Waals surface area (Å²) in [5.41, 5.74) is 0. The van der Waals surface area contributed by atoms with Crippen molar-refractivity contribution in [3.63, 3.8) is 0 Å². The lowest BCUT2D eigenvalue weighted by molar-refractivity contribution is -0.144. The molecule has 1 saturated heterocycles.